The van der Waals surface area contributed by atoms with Crippen LogP contribution in [0.15, 0.2) is 33.4 Å². The van der Waals surface area contributed by atoms with Gasteiger partial charge in [-0.1, -0.05) is 13.8 Å². The van der Waals surface area contributed by atoms with Crippen LogP contribution in [0, 0.1) is 11.3 Å². The van der Waals surface area contributed by atoms with Gasteiger partial charge in [0.2, 0.25) is 0 Å². The zero-order valence-corrected chi connectivity index (χ0v) is 13.7. The molecule has 2 unspecified atom stereocenters. The molecule has 1 amide bonds. The van der Waals surface area contributed by atoms with Crippen LogP contribution in [0.1, 0.15) is 30.6 Å². The van der Waals surface area contributed by atoms with Crippen LogP contribution in [0.5, 0.6) is 0 Å². The molecule has 1 saturated carbocycles. The molecule has 1 aromatic carbocycles. The maximum Gasteiger partial charge on any atom is 0.251 e. The van der Waals surface area contributed by atoms with E-state index in [0.29, 0.717) is 18.0 Å². The molecule has 1 aliphatic rings. The lowest BCUT2D eigenvalue weighted by Gasteiger charge is -2.52. The summed E-state index contributed by atoms with van der Waals surface area (Å²) in [6.45, 7) is 4.99. The molecule has 2 atom stereocenters. The summed E-state index contributed by atoms with van der Waals surface area (Å²) >= 11 is 3.45. The van der Waals surface area contributed by atoms with Crippen molar-refractivity contribution < 1.29 is 9.21 Å². The van der Waals surface area contributed by atoms with Gasteiger partial charge in [0.05, 0.1) is 10.7 Å². The number of carbonyl (C=O) groups is 1. The fraction of sp³-hybridized carbons (Fsp3) is 0.438. The lowest BCUT2D eigenvalue weighted by Crippen LogP contribution is -2.60. The normalized spacial score (nSPS) is 23.8. The molecule has 5 heteroatoms. The Kier molecular flexibility index (Phi) is 3.58. The Morgan fingerprint density at radius 3 is 2.95 bits per heavy atom. The summed E-state index contributed by atoms with van der Waals surface area (Å²) in [5.41, 5.74) is 7.22. The summed E-state index contributed by atoms with van der Waals surface area (Å²) in [5, 5.41) is 4.04. The summed E-state index contributed by atoms with van der Waals surface area (Å²) in [6.07, 6.45) is 2.57. The highest BCUT2D eigenvalue weighted by molar-refractivity contribution is 9.10. The zero-order valence-electron chi connectivity index (χ0n) is 12.2. The lowest BCUT2D eigenvalue weighted by molar-refractivity contribution is 0.0200. The summed E-state index contributed by atoms with van der Waals surface area (Å²) in [6, 6.07) is 5.68. The van der Waals surface area contributed by atoms with Crippen molar-refractivity contribution in [3.05, 3.63) is 34.5 Å². The lowest BCUT2D eigenvalue weighted by atomic mass is 9.58. The van der Waals surface area contributed by atoms with E-state index in [1.165, 1.54) is 0 Å². The Morgan fingerprint density at radius 1 is 1.52 bits per heavy atom. The highest BCUT2D eigenvalue weighted by atomic mass is 79.9. The summed E-state index contributed by atoms with van der Waals surface area (Å²) in [5.74, 6) is 0.429. The standard InChI is InChI=1S/C16H19BrN2O2/c1-16(2)11(8-18)7-13(16)19-15(20)10-5-9-3-4-21-14(9)12(17)6-10/h3-6,11,13H,7-8,18H2,1-2H3,(H,19,20). The minimum absolute atomic E-state index is 0.0488. The van der Waals surface area contributed by atoms with Gasteiger partial charge in [-0.25, -0.2) is 0 Å². The summed E-state index contributed by atoms with van der Waals surface area (Å²) in [4.78, 5) is 12.5. The number of hydrogen-bond acceptors (Lipinski definition) is 3. The predicted octanol–water partition coefficient (Wildman–Crippen LogP) is 3.30. The number of nitrogens with one attached hydrogen (secondary N) is 1. The molecule has 2 aromatic rings. The van der Waals surface area contributed by atoms with Crippen LogP contribution in [-0.2, 0) is 0 Å². The largest absolute Gasteiger partial charge is 0.463 e. The molecule has 1 heterocycles. The molecule has 1 aromatic heterocycles. The predicted molar refractivity (Wildman–Crippen MR) is 86.1 cm³/mol. The van der Waals surface area contributed by atoms with Gasteiger partial charge in [-0.3, -0.25) is 4.79 Å². The fourth-order valence-electron chi connectivity index (χ4n) is 3.07. The van der Waals surface area contributed by atoms with Crippen LogP contribution in [0.3, 0.4) is 0 Å². The average molecular weight is 351 g/mol. The van der Waals surface area contributed by atoms with Crippen LogP contribution < -0.4 is 11.1 Å². The molecule has 1 fully saturated rings. The number of amides is 1. The van der Waals surface area contributed by atoms with Crippen molar-refractivity contribution in [2.24, 2.45) is 17.1 Å². The Hall–Kier alpha value is -1.33. The van der Waals surface area contributed by atoms with Gasteiger partial charge in [-0.15, -0.1) is 0 Å². The summed E-state index contributed by atoms with van der Waals surface area (Å²) < 4.78 is 6.16. The van der Waals surface area contributed by atoms with E-state index in [-0.39, 0.29) is 17.4 Å². The van der Waals surface area contributed by atoms with Gasteiger partial charge in [-0.2, -0.15) is 0 Å². The van der Waals surface area contributed by atoms with E-state index in [9.17, 15) is 4.79 Å². The SMILES string of the molecule is CC1(C)C(CN)CC1NC(=O)c1cc(Br)c2occc2c1. The van der Waals surface area contributed by atoms with Crippen molar-refractivity contribution in [3.63, 3.8) is 0 Å². The zero-order chi connectivity index (χ0) is 15.2. The topological polar surface area (TPSA) is 68.3 Å². The third-order valence-corrected chi connectivity index (χ3v) is 5.42. The molecule has 0 spiro atoms. The fourth-order valence-corrected chi connectivity index (χ4v) is 3.64. The van der Waals surface area contributed by atoms with Crippen molar-refractivity contribution in [1.82, 2.24) is 5.32 Å². The monoisotopic (exact) mass is 350 g/mol. The van der Waals surface area contributed by atoms with Gasteiger partial charge in [0.15, 0.2) is 0 Å². The first-order valence-electron chi connectivity index (χ1n) is 7.11. The molecule has 0 bridgehead atoms. The van der Waals surface area contributed by atoms with Crippen LogP contribution in [0.4, 0.5) is 0 Å². The van der Waals surface area contributed by atoms with E-state index >= 15 is 0 Å². The molecule has 21 heavy (non-hydrogen) atoms. The van der Waals surface area contributed by atoms with Crippen LogP contribution in [0.2, 0.25) is 0 Å². The minimum Gasteiger partial charge on any atom is -0.463 e. The number of rotatable bonds is 3. The minimum atomic E-state index is -0.0488. The number of nitrogens with two attached hydrogens (primary N) is 1. The van der Waals surface area contributed by atoms with Gasteiger partial charge in [0, 0.05) is 17.0 Å². The number of hydrogen-bond donors (Lipinski definition) is 2. The Balaban J connectivity index is 1.79. The molecule has 1 aliphatic carbocycles. The number of carbonyl (C=O) groups excluding carboxylic acids is 1. The first-order chi connectivity index (χ1) is 9.93. The van der Waals surface area contributed by atoms with E-state index in [4.69, 9.17) is 10.2 Å². The van der Waals surface area contributed by atoms with Crippen LogP contribution in [-0.4, -0.2) is 18.5 Å². The Labute approximate surface area is 132 Å². The van der Waals surface area contributed by atoms with Gasteiger partial charge in [-0.05, 0) is 58.4 Å². The molecular weight excluding hydrogens is 332 g/mol. The molecular formula is C16H19BrN2O2. The molecule has 112 valence electrons. The van der Waals surface area contributed by atoms with Gasteiger partial charge >= 0.3 is 0 Å². The first kappa shape index (κ1) is 14.6. The van der Waals surface area contributed by atoms with Crippen molar-refractivity contribution in [2.75, 3.05) is 6.54 Å². The van der Waals surface area contributed by atoms with Crippen LogP contribution in [0.25, 0.3) is 11.0 Å². The van der Waals surface area contributed by atoms with Crippen molar-refractivity contribution in [3.8, 4) is 0 Å². The number of fused-ring (bicyclic) bond motifs is 1. The Bertz CT molecular complexity index is 693. The average Bonchev–Trinajstić information content (AvgIpc) is 2.91. The second-order valence-electron chi connectivity index (χ2n) is 6.31. The van der Waals surface area contributed by atoms with E-state index in [2.05, 4.69) is 35.1 Å². The Morgan fingerprint density at radius 2 is 2.29 bits per heavy atom. The number of furan rings is 1. The smallest absolute Gasteiger partial charge is 0.251 e. The molecule has 0 aliphatic heterocycles. The molecule has 0 saturated heterocycles. The van der Waals surface area contributed by atoms with Crippen molar-refractivity contribution >= 4 is 32.8 Å². The van der Waals surface area contributed by atoms with Crippen molar-refractivity contribution in [1.29, 1.82) is 0 Å². The summed E-state index contributed by atoms with van der Waals surface area (Å²) in [7, 11) is 0. The maximum absolute atomic E-state index is 12.5. The van der Waals surface area contributed by atoms with E-state index in [1.807, 2.05) is 12.1 Å². The second kappa shape index (κ2) is 5.14. The molecule has 0 radical (unpaired) electrons. The second-order valence-corrected chi connectivity index (χ2v) is 7.17. The van der Waals surface area contributed by atoms with E-state index in [1.54, 1.807) is 12.3 Å². The van der Waals surface area contributed by atoms with Gasteiger partial charge in [0.1, 0.15) is 5.58 Å². The molecule has 3 N–H and O–H groups in total. The third kappa shape index (κ3) is 2.38. The number of benzene rings is 1. The maximum atomic E-state index is 12.5. The third-order valence-electron chi connectivity index (χ3n) is 4.83. The molecule has 4 nitrogen and oxygen atoms in total. The number of halogens is 1. The van der Waals surface area contributed by atoms with Gasteiger partial charge in [0.25, 0.3) is 5.91 Å². The molecule has 3 rings (SSSR count). The van der Waals surface area contributed by atoms with E-state index < -0.39 is 0 Å². The van der Waals surface area contributed by atoms with Crippen LogP contribution >= 0.6 is 15.9 Å². The van der Waals surface area contributed by atoms with E-state index in [0.717, 1.165) is 21.9 Å². The highest BCUT2D eigenvalue weighted by Crippen LogP contribution is 2.45. The van der Waals surface area contributed by atoms with Gasteiger partial charge < -0.3 is 15.5 Å². The first-order valence-corrected chi connectivity index (χ1v) is 7.90. The highest BCUT2D eigenvalue weighted by Gasteiger charge is 2.47. The van der Waals surface area contributed by atoms with Crippen molar-refractivity contribution in [2.45, 2.75) is 26.3 Å². The quantitative estimate of drug-likeness (QED) is 0.892.